The number of barbiturate groups is 1. The molecule has 5 amide bonds. The molecule has 0 radical (unpaired) electrons. The molecule has 2 fully saturated rings. The number of carboxylic acids is 1. The zero-order valence-electron chi connectivity index (χ0n) is 22.0. The summed E-state index contributed by atoms with van der Waals surface area (Å²) in [6.45, 7) is 5.04. The summed E-state index contributed by atoms with van der Waals surface area (Å²) in [5.41, 5.74) is 1.81. The van der Waals surface area contributed by atoms with Gasteiger partial charge in [0.05, 0.1) is 6.04 Å². The average Bonchev–Trinajstić information content (AvgIpc) is 3.34. The minimum absolute atomic E-state index is 0.111. The van der Waals surface area contributed by atoms with E-state index in [1.165, 1.54) is 6.92 Å². The Balaban J connectivity index is 0.000000758. The molecule has 0 aliphatic carbocycles. The molecule has 4 heterocycles. The fraction of sp³-hybridized carbons (Fsp3) is 0.370. The summed E-state index contributed by atoms with van der Waals surface area (Å²) in [7, 11) is 0. The number of anilines is 2. The summed E-state index contributed by atoms with van der Waals surface area (Å²) >= 11 is 0. The van der Waals surface area contributed by atoms with Crippen molar-refractivity contribution in [2.45, 2.75) is 32.9 Å². The second-order valence-corrected chi connectivity index (χ2v) is 10.1. The molecule has 4 aliphatic heterocycles. The lowest BCUT2D eigenvalue weighted by atomic mass is 9.68. The highest BCUT2D eigenvalue weighted by Gasteiger charge is 2.60. The minimum Gasteiger partial charge on any atom is -0.481 e. The van der Waals surface area contributed by atoms with Crippen molar-refractivity contribution in [2.24, 2.45) is 5.41 Å². The lowest BCUT2D eigenvalue weighted by molar-refractivity contribution is -0.147. The molecule has 1 unspecified atom stereocenters. The number of aliphatic carboxylic acids is 1. The van der Waals surface area contributed by atoms with E-state index in [0.29, 0.717) is 43.4 Å². The van der Waals surface area contributed by atoms with Crippen LogP contribution in [-0.4, -0.2) is 72.2 Å². The lowest BCUT2D eigenvalue weighted by Gasteiger charge is -2.54. The third kappa shape index (κ3) is 5.02. The topological polar surface area (TPSA) is 167 Å². The van der Waals surface area contributed by atoms with Gasteiger partial charge in [-0.25, -0.2) is 4.79 Å². The normalized spacial score (nSPS) is 20.4. The molecule has 6 rings (SSSR count). The van der Waals surface area contributed by atoms with Gasteiger partial charge in [-0.05, 0) is 47.9 Å². The number of hydrogen-bond donors (Lipinski definition) is 4. The van der Waals surface area contributed by atoms with E-state index in [1.54, 1.807) is 6.07 Å². The second kappa shape index (κ2) is 10.5. The maximum absolute atomic E-state index is 13.4. The van der Waals surface area contributed by atoms with Crippen molar-refractivity contribution in [3.05, 3.63) is 47.5 Å². The van der Waals surface area contributed by atoms with E-state index in [0.717, 1.165) is 23.7 Å². The Kier molecular flexibility index (Phi) is 7.06. The van der Waals surface area contributed by atoms with E-state index in [9.17, 15) is 19.2 Å². The molecule has 2 aromatic rings. The molecule has 210 valence electrons. The summed E-state index contributed by atoms with van der Waals surface area (Å²) < 4.78 is 10.9. The van der Waals surface area contributed by atoms with Crippen LogP contribution in [0.3, 0.4) is 0 Å². The van der Waals surface area contributed by atoms with Crippen LogP contribution in [0.25, 0.3) is 0 Å². The van der Waals surface area contributed by atoms with Crippen molar-refractivity contribution in [2.75, 3.05) is 36.6 Å². The first-order valence-corrected chi connectivity index (χ1v) is 12.7. The maximum Gasteiger partial charge on any atom is 0.328 e. The number of imide groups is 2. The van der Waals surface area contributed by atoms with Crippen LogP contribution < -0.4 is 30.3 Å². The van der Waals surface area contributed by atoms with E-state index in [1.807, 2.05) is 30.3 Å². The van der Waals surface area contributed by atoms with Crippen molar-refractivity contribution in [3.63, 3.8) is 0 Å². The molecular weight excluding hydrogens is 522 g/mol. The van der Waals surface area contributed by atoms with Crippen LogP contribution in [0.15, 0.2) is 36.4 Å². The van der Waals surface area contributed by atoms with E-state index in [2.05, 4.69) is 25.8 Å². The number of ether oxygens (including phenoxy) is 2. The Morgan fingerprint density at radius 2 is 1.73 bits per heavy atom. The molecule has 4 aliphatic rings. The number of carbonyl (C=O) groups is 5. The zero-order chi connectivity index (χ0) is 28.6. The smallest absolute Gasteiger partial charge is 0.328 e. The highest BCUT2D eigenvalue weighted by atomic mass is 16.7. The van der Waals surface area contributed by atoms with Crippen molar-refractivity contribution >= 4 is 41.1 Å². The van der Waals surface area contributed by atoms with Gasteiger partial charge in [-0.1, -0.05) is 6.07 Å². The SMILES string of the molecule is CC(=O)Nc1ccc2c(c1)CC1(C(=O)NC(=O)NC1=O)C1CN(Cc3ccc4c(c3)OCO4)CCN21.CC(=O)O. The van der Waals surface area contributed by atoms with Gasteiger partial charge in [-0.2, -0.15) is 0 Å². The first-order chi connectivity index (χ1) is 19.1. The van der Waals surface area contributed by atoms with Gasteiger partial charge in [0, 0.05) is 51.4 Å². The zero-order valence-corrected chi connectivity index (χ0v) is 22.0. The number of hydrogen-bond acceptors (Lipinski definition) is 9. The van der Waals surface area contributed by atoms with Crippen LogP contribution in [0.5, 0.6) is 11.5 Å². The van der Waals surface area contributed by atoms with Crippen LogP contribution in [-0.2, 0) is 32.1 Å². The van der Waals surface area contributed by atoms with Crippen LogP contribution in [0, 0.1) is 5.41 Å². The molecule has 1 spiro atoms. The Morgan fingerprint density at radius 3 is 2.42 bits per heavy atom. The fourth-order valence-corrected chi connectivity index (χ4v) is 5.72. The second-order valence-electron chi connectivity index (χ2n) is 10.1. The van der Waals surface area contributed by atoms with E-state index >= 15 is 0 Å². The lowest BCUT2D eigenvalue weighted by Crippen LogP contribution is -2.74. The van der Waals surface area contributed by atoms with Gasteiger partial charge in [0.25, 0.3) is 5.97 Å². The summed E-state index contributed by atoms with van der Waals surface area (Å²) in [4.78, 5) is 63.6. The molecule has 13 nitrogen and oxygen atoms in total. The largest absolute Gasteiger partial charge is 0.481 e. The van der Waals surface area contributed by atoms with Gasteiger partial charge >= 0.3 is 6.03 Å². The molecular formula is C27H29N5O8. The van der Waals surface area contributed by atoms with Crippen molar-refractivity contribution in [1.29, 1.82) is 0 Å². The van der Waals surface area contributed by atoms with E-state index < -0.39 is 35.3 Å². The van der Waals surface area contributed by atoms with Crippen molar-refractivity contribution in [1.82, 2.24) is 15.5 Å². The molecule has 2 saturated heterocycles. The molecule has 0 aromatic heterocycles. The van der Waals surface area contributed by atoms with Crippen LogP contribution in [0.2, 0.25) is 0 Å². The first kappa shape index (κ1) is 26.9. The number of nitrogens with one attached hydrogen (secondary N) is 3. The Labute approximate surface area is 229 Å². The minimum atomic E-state index is -1.50. The number of piperazine rings is 1. The number of amides is 5. The molecule has 0 bridgehead atoms. The van der Waals surface area contributed by atoms with Crippen LogP contribution in [0.4, 0.5) is 16.2 Å². The Morgan fingerprint density at radius 1 is 1.02 bits per heavy atom. The number of urea groups is 1. The third-order valence-corrected chi connectivity index (χ3v) is 7.32. The summed E-state index contributed by atoms with van der Waals surface area (Å²) in [5.74, 6) is -0.841. The quantitative estimate of drug-likeness (QED) is 0.405. The van der Waals surface area contributed by atoms with Gasteiger partial charge in [-0.15, -0.1) is 0 Å². The standard InChI is InChI=1S/C25H25N5O6.C2H4O2/c1-14(31)26-17-3-4-18-16(9-17)10-25(22(32)27-24(34)28-23(25)33)21-12-29(6-7-30(18)21)11-15-2-5-19-20(8-15)36-13-35-19;1-2(3)4/h2-5,8-9,21H,6-7,10-13H2,1H3,(H,26,31)(H2,27,28,32,33,34);1H3,(H,3,4). The van der Waals surface area contributed by atoms with Gasteiger partial charge in [0.2, 0.25) is 24.5 Å². The summed E-state index contributed by atoms with van der Waals surface area (Å²) in [6.07, 6.45) is 0.111. The van der Waals surface area contributed by atoms with Crippen molar-refractivity contribution in [3.8, 4) is 11.5 Å². The predicted molar refractivity (Wildman–Crippen MR) is 141 cm³/mol. The van der Waals surface area contributed by atoms with E-state index in [4.69, 9.17) is 19.4 Å². The molecule has 40 heavy (non-hydrogen) atoms. The number of carbonyl (C=O) groups excluding carboxylic acids is 4. The number of benzene rings is 2. The van der Waals surface area contributed by atoms with Crippen LogP contribution >= 0.6 is 0 Å². The Hall–Kier alpha value is -4.65. The van der Waals surface area contributed by atoms with Gasteiger partial charge in [0.15, 0.2) is 16.9 Å². The average molecular weight is 552 g/mol. The molecule has 13 heteroatoms. The number of carboxylic acid groups (broad SMARTS) is 1. The van der Waals surface area contributed by atoms with E-state index in [-0.39, 0.29) is 19.1 Å². The first-order valence-electron chi connectivity index (χ1n) is 12.7. The highest BCUT2D eigenvalue weighted by molar-refractivity contribution is 6.20. The Bertz CT molecular complexity index is 1390. The number of fused-ring (bicyclic) bond motifs is 5. The molecule has 4 N–H and O–H groups in total. The highest BCUT2D eigenvalue weighted by Crippen LogP contribution is 2.45. The van der Waals surface area contributed by atoms with Gasteiger partial charge in [0.1, 0.15) is 0 Å². The summed E-state index contributed by atoms with van der Waals surface area (Å²) in [5, 5.41) is 14.8. The fourth-order valence-electron chi connectivity index (χ4n) is 5.72. The van der Waals surface area contributed by atoms with Crippen molar-refractivity contribution < 1.29 is 38.6 Å². The predicted octanol–water partition coefficient (Wildman–Crippen LogP) is 1.06. The van der Waals surface area contributed by atoms with Crippen LogP contribution in [0.1, 0.15) is 25.0 Å². The van der Waals surface area contributed by atoms with Gasteiger partial charge < -0.3 is 24.8 Å². The number of nitrogens with zero attached hydrogens (tertiary/aromatic N) is 2. The molecule has 0 saturated carbocycles. The number of rotatable bonds is 3. The summed E-state index contributed by atoms with van der Waals surface area (Å²) in [6, 6.07) is 10.0. The molecule has 2 aromatic carbocycles. The molecule has 1 atom stereocenters. The maximum atomic E-state index is 13.4. The monoisotopic (exact) mass is 551 g/mol. The van der Waals surface area contributed by atoms with Gasteiger partial charge in [-0.3, -0.25) is 34.7 Å². The third-order valence-electron chi connectivity index (χ3n) is 7.32.